The topological polar surface area (TPSA) is 22.1 Å². The first-order valence-electron chi connectivity index (χ1n) is 3.98. The van der Waals surface area contributed by atoms with E-state index in [0.717, 1.165) is 5.56 Å². The predicted molar refractivity (Wildman–Crippen MR) is 52.9 cm³/mol. The molecule has 1 heterocycles. The summed E-state index contributed by atoms with van der Waals surface area (Å²) in [5.74, 6) is 0.172. The molecule has 0 atom stereocenters. The number of hydrogen-bond acceptors (Lipinski definition) is 3. The van der Waals surface area contributed by atoms with E-state index >= 15 is 0 Å². The first kappa shape index (κ1) is 9.15. The van der Waals surface area contributed by atoms with Gasteiger partial charge in [-0.25, -0.2) is 9.37 Å². The highest BCUT2D eigenvalue weighted by Gasteiger charge is 2.05. The van der Waals surface area contributed by atoms with Crippen LogP contribution in [0.25, 0.3) is 10.6 Å². The maximum atomic E-state index is 12.9. The number of benzene rings is 1. The highest BCUT2D eigenvalue weighted by Crippen LogP contribution is 2.26. The highest BCUT2D eigenvalue weighted by atomic mass is 32.1. The monoisotopic (exact) mass is 208 g/mol. The Bertz CT molecular complexity index is 441. The maximum absolute atomic E-state index is 12.9. The van der Waals surface area contributed by atoms with Gasteiger partial charge in [-0.2, -0.15) is 0 Å². The van der Waals surface area contributed by atoms with Gasteiger partial charge in [0.05, 0.1) is 7.11 Å². The van der Waals surface area contributed by atoms with Gasteiger partial charge in [0, 0.05) is 5.56 Å². The summed E-state index contributed by atoms with van der Waals surface area (Å²) in [5.41, 5.74) is 0.745. The molecule has 0 aliphatic carbocycles. The number of ether oxygens (including phenoxy) is 1. The first-order valence-corrected chi connectivity index (χ1v) is 4.79. The van der Waals surface area contributed by atoms with Gasteiger partial charge in [-0.15, -0.1) is 11.3 Å². The van der Waals surface area contributed by atoms with Crippen molar-refractivity contribution >= 4 is 11.3 Å². The van der Waals surface area contributed by atoms with Crippen molar-refractivity contribution in [2.75, 3.05) is 7.11 Å². The molecule has 1 radical (unpaired) electrons. The SMILES string of the molecule is COc1[c]sc(-c2cccc(F)c2)n1. The number of aromatic nitrogens is 1. The minimum absolute atomic E-state index is 0.267. The van der Waals surface area contributed by atoms with Gasteiger partial charge in [0.2, 0.25) is 5.88 Å². The number of thiazole rings is 1. The summed E-state index contributed by atoms with van der Waals surface area (Å²) in [4.78, 5) is 4.11. The van der Waals surface area contributed by atoms with Gasteiger partial charge in [-0.3, -0.25) is 0 Å². The average Bonchev–Trinajstić information content (AvgIpc) is 2.66. The zero-order valence-electron chi connectivity index (χ0n) is 7.45. The second-order valence-electron chi connectivity index (χ2n) is 2.64. The summed E-state index contributed by atoms with van der Waals surface area (Å²) in [6, 6.07) is 6.29. The Labute approximate surface area is 85.0 Å². The molecule has 0 saturated carbocycles. The maximum Gasteiger partial charge on any atom is 0.233 e. The molecule has 14 heavy (non-hydrogen) atoms. The summed E-state index contributed by atoms with van der Waals surface area (Å²) < 4.78 is 17.8. The van der Waals surface area contributed by atoms with Gasteiger partial charge < -0.3 is 4.74 Å². The van der Waals surface area contributed by atoms with Crippen LogP contribution in [0.1, 0.15) is 0 Å². The van der Waals surface area contributed by atoms with Gasteiger partial charge in [-0.1, -0.05) is 12.1 Å². The summed E-state index contributed by atoms with van der Waals surface area (Å²) in [6.07, 6.45) is 0. The Morgan fingerprint density at radius 1 is 1.50 bits per heavy atom. The standard InChI is InChI=1S/C10H7FNOS/c1-13-9-6-14-10(12-9)7-3-2-4-8(11)5-7/h2-5H,1H3. The molecule has 1 aromatic heterocycles. The van der Waals surface area contributed by atoms with Crippen molar-refractivity contribution in [2.45, 2.75) is 0 Å². The van der Waals surface area contributed by atoms with Crippen LogP contribution in [-0.2, 0) is 0 Å². The zero-order chi connectivity index (χ0) is 9.97. The third kappa shape index (κ3) is 1.75. The summed E-state index contributed by atoms with van der Waals surface area (Å²) in [7, 11) is 1.53. The fourth-order valence-corrected chi connectivity index (χ4v) is 1.75. The summed E-state index contributed by atoms with van der Waals surface area (Å²) in [6.45, 7) is 0. The van der Waals surface area contributed by atoms with Crippen molar-refractivity contribution in [1.29, 1.82) is 0 Å². The Balaban J connectivity index is 2.39. The van der Waals surface area contributed by atoms with Crippen LogP contribution < -0.4 is 4.74 Å². The van der Waals surface area contributed by atoms with Gasteiger partial charge in [-0.05, 0) is 12.1 Å². The quantitative estimate of drug-likeness (QED) is 0.757. The van der Waals surface area contributed by atoms with Crippen LogP contribution in [-0.4, -0.2) is 12.1 Å². The average molecular weight is 208 g/mol. The van der Waals surface area contributed by atoms with E-state index in [9.17, 15) is 4.39 Å². The van der Waals surface area contributed by atoms with Gasteiger partial charge in [0.15, 0.2) is 0 Å². The van der Waals surface area contributed by atoms with Crippen LogP contribution in [0.3, 0.4) is 0 Å². The lowest BCUT2D eigenvalue weighted by Crippen LogP contribution is -1.82. The number of hydrogen-bond donors (Lipinski definition) is 0. The first-order chi connectivity index (χ1) is 6.79. The normalized spacial score (nSPS) is 10.1. The van der Waals surface area contributed by atoms with Crippen molar-refractivity contribution in [1.82, 2.24) is 4.98 Å². The van der Waals surface area contributed by atoms with Crippen molar-refractivity contribution in [2.24, 2.45) is 0 Å². The number of halogens is 1. The second-order valence-corrected chi connectivity index (χ2v) is 3.44. The molecule has 0 bridgehead atoms. The molecule has 4 heteroatoms. The van der Waals surface area contributed by atoms with Crippen LogP contribution in [0.5, 0.6) is 5.88 Å². The predicted octanol–water partition coefficient (Wildman–Crippen LogP) is 2.76. The summed E-state index contributed by atoms with van der Waals surface area (Å²) >= 11 is 1.31. The minimum Gasteiger partial charge on any atom is -0.480 e. The Morgan fingerprint density at radius 3 is 3.00 bits per heavy atom. The Hall–Kier alpha value is -1.42. The van der Waals surface area contributed by atoms with E-state index in [-0.39, 0.29) is 5.82 Å². The molecule has 0 aliphatic rings. The molecule has 0 aliphatic heterocycles. The van der Waals surface area contributed by atoms with E-state index in [1.807, 2.05) is 0 Å². The smallest absolute Gasteiger partial charge is 0.233 e. The molecule has 2 nitrogen and oxygen atoms in total. The number of nitrogens with zero attached hydrogens (tertiary/aromatic N) is 1. The van der Waals surface area contributed by atoms with Gasteiger partial charge in [0.1, 0.15) is 16.2 Å². The third-order valence-electron chi connectivity index (χ3n) is 1.70. The second kappa shape index (κ2) is 3.75. The molecule has 0 amide bonds. The lowest BCUT2D eigenvalue weighted by Gasteiger charge is -1.95. The number of methoxy groups -OCH3 is 1. The van der Waals surface area contributed by atoms with Crippen molar-refractivity contribution in [3.8, 4) is 16.5 Å². The Morgan fingerprint density at radius 2 is 2.36 bits per heavy atom. The molecular formula is C10H7FNOS. The van der Waals surface area contributed by atoms with E-state index < -0.39 is 0 Å². The van der Waals surface area contributed by atoms with Crippen LogP contribution >= 0.6 is 11.3 Å². The van der Waals surface area contributed by atoms with E-state index in [2.05, 4.69) is 10.4 Å². The van der Waals surface area contributed by atoms with E-state index in [1.54, 1.807) is 12.1 Å². The molecule has 0 N–H and O–H groups in total. The van der Waals surface area contributed by atoms with Crippen molar-refractivity contribution in [3.05, 3.63) is 35.5 Å². The highest BCUT2D eigenvalue weighted by molar-refractivity contribution is 7.12. The van der Waals surface area contributed by atoms with Gasteiger partial charge >= 0.3 is 0 Å². The molecule has 0 unspecified atom stereocenters. The summed E-state index contributed by atoms with van der Waals surface area (Å²) in [5, 5.41) is 3.57. The van der Waals surface area contributed by atoms with Crippen LogP contribution in [0.2, 0.25) is 0 Å². The van der Waals surface area contributed by atoms with Crippen LogP contribution in [0.15, 0.2) is 24.3 Å². The van der Waals surface area contributed by atoms with Gasteiger partial charge in [0.25, 0.3) is 0 Å². The third-order valence-corrected chi connectivity index (χ3v) is 2.50. The van der Waals surface area contributed by atoms with E-state index in [0.29, 0.717) is 10.9 Å². The molecule has 2 rings (SSSR count). The zero-order valence-corrected chi connectivity index (χ0v) is 8.27. The molecule has 0 fully saturated rings. The van der Waals surface area contributed by atoms with Crippen molar-refractivity contribution in [3.63, 3.8) is 0 Å². The Kier molecular flexibility index (Phi) is 2.45. The lowest BCUT2D eigenvalue weighted by molar-refractivity contribution is 0.400. The van der Waals surface area contributed by atoms with Crippen LogP contribution in [0, 0.1) is 11.2 Å². The van der Waals surface area contributed by atoms with E-state index in [4.69, 9.17) is 4.74 Å². The molecule has 71 valence electrons. The van der Waals surface area contributed by atoms with E-state index in [1.165, 1.54) is 30.6 Å². The lowest BCUT2D eigenvalue weighted by atomic mass is 10.2. The molecule has 0 spiro atoms. The number of rotatable bonds is 2. The largest absolute Gasteiger partial charge is 0.480 e. The molecule has 2 aromatic rings. The fraction of sp³-hybridized carbons (Fsp3) is 0.100. The molecule has 0 saturated heterocycles. The van der Waals surface area contributed by atoms with Crippen molar-refractivity contribution < 1.29 is 9.13 Å². The minimum atomic E-state index is -0.267. The molecular weight excluding hydrogens is 201 g/mol. The molecule has 1 aromatic carbocycles. The fourth-order valence-electron chi connectivity index (χ4n) is 1.06. The van der Waals surface area contributed by atoms with Crippen LogP contribution in [0.4, 0.5) is 4.39 Å².